The molecule has 4 heterocycles. The van der Waals surface area contributed by atoms with Gasteiger partial charge in [-0.05, 0) is 37.0 Å². The number of nitriles is 1. The van der Waals surface area contributed by atoms with Gasteiger partial charge in [-0.25, -0.2) is 19.3 Å². The standard InChI is InChI=1S/C25H20F4N8O2/c1-35-22(38)21-20(32-23(35)25(27,28)29)19(17-5-4-14(7-30)6-18(17)26)33-24(34-21)36-10-16(11-36)39-15-8-31-37(12-15)9-13-2-3-13/h4-6,8,12-13,16H,2-3,9-11H2,1H3. The zero-order chi connectivity index (χ0) is 27.5. The van der Waals surface area contributed by atoms with Gasteiger partial charge in [0.15, 0.2) is 11.3 Å². The number of ether oxygens (including phenoxy) is 1. The maximum Gasteiger partial charge on any atom is 0.449 e. The second-order valence-electron chi connectivity index (χ2n) is 9.66. The summed E-state index contributed by atoms with van der Waals surface area (Å²) < 4.78 is 64.0. The van der Waals surface area contributed by atoms with Crippen LogP contribution in [0.3, 0.4) is 0 Å². The number of halogens is 4. The van der Waals surface area contributed by atoms with Gasteiger partial charge in [-0.15, -0.1) is 0 Å². The Kier molecular flexibility index (Phi) is 5.74. The lowest BCUT2D eigenvalue weighted by Gasteiger charge is -2.38. The number of nitrogens with zero attached hydrogens (tertiary/aromatic N) is 8. The minimum atomic E-state index is -4.95. The van der Waals surface area contributed by atoms with Gasteiger partial charge in [0.25, 0.3) is 5.56 Å². The van der Waals surface area contributed by atoms with Crippen molar-refractivity contribution in [3.05, 3.63) is 58.2 Å². The Balaban J connectivity index is 1.36. The van der Waals surface area contributed by atoms with Gasteiger partial charge in [-0.3, -0.25) is 14.0 Å². The van der Waals surface area contributed by atoms with Crippen molar-refractivity contribution in [2.45, 2.75) is 31.7 Å². The van der Waals surface area contributed by atoms with Gasteiger partial charge >= 0.3 is 6.18 Å². The van der Waals surface area contributed by atoms with E-state index in [-0.39, 0.29) is 34.4 Å². The Labute approximate surface area is 218 Å². The van der Waals surface area contributed by atoms with E-state index in [2.05, 4.69) is 20.1 Å². The van der Waals surface area contributed by atoms with Gasteiger partial charge in [0.2, 0.25) is 11.8 Å². The second-order valence-corrected chi connectivity index (χ2v) is 9.66. The van der Waals surface area contributed by atoms with Crippen LogP contribution < -0.4 is 15.2 Å². The number of aromatic nitrogens is 6. The first-order valence-electron chi connectivity index (χ1n) is 12.1. The van der Waals surface area contributed by atoms with E-state index in [9.17, 15) is 22.4 Å². The number of benzene rings is 1. The number of rotatable bonds is 6. The van der Waals surface area contributed by atoms with Crippen LogP contribution >= 0.6 is 0 Å². The lowest BCUT2D eigenvalue weighted by Crippen LogP contribution is -2.54. The number of hydrogen-bond acceptors (Lipinski definition) is 8. The first-order chi connectivity index (χ1) is 18.6. The first-order valence-corrected chi connectivity index (χ1v) is 12.1. The predicted molar refractivity (Wildman–Crippen MR) is 129 cm³/mol. The Morgan fingerprint density at radius 2 is 1.92 bits per heavy atom. The average molecular weight is 540 g/mol. The van der Waals surface area contributed by atoms with Crippen molar-refractivity contribution in [1.82, 2.24) is 29.3 Å². The van der Waals surface area contributed by atoms with E-state index in [1.807, 2.05) is 10.9 Å². The average Bonchev–Trinajstić information content (AvgIpc) is 3.58. The molecule has 2 aliphatic rings. The van der Waals surface area contributed by atoms with Gasteiger partial charge < -0.3 is 9.64 Å². The fraction of sp³-hybridized carbons (Fsp3) is 0.360. The summed E-state index contributed by atoms with van der Waals surface area (Å²) in [5, 5.41) is 13.4. The molecular weight excluding hydrogens is 520 g/mol. The van der Waals surface area contributed by atoms with E-state index in [0.29, 0.717) is 29.3 Å². The third-order valence-corrected chi connectivity index (χ3v) is 6.71. The highest BCUT2D eigenvalue weighted by atomic mass is 19.4. The monoisotopic (exact) mass is 540 g/mol. The van der Waals surface area contributed by atoms with Gasteiger partial charge in [0.05, 0.1) is 37.1 Å². The van der Waals surface area contributed by atoms with Crippen LogP contribution in [0.5, 0.6) is 5.75 Å². The molecular formula is C25H20F4N8O2. The highest BCUT2D eigenvalue weighted by molar-refractivity contribution is 5.90. The van der Waals surface area contributed by atoms with E-state index in [1.165, 1.54) is 25.0 Å². The Morgan fingerprint density at radius 3 is 2.59 bits per heavy atom. The summed E-state index contributed by atoms with van der Waals surface area (Å²) in [5.74, 6) is -1.08. The fourth-order valence-electron chi connectivity index (χ4n) is 4.43. The minimum Gasteiger partial charge on any atom is -0.483 e. The topological polar surface area (TPSA) is 115 Å². The second kappa shape index (κ2) is 9.04. The van der Waals surface area contributed by atoms with Gasteiger partial charge in [0.1, 0.15) is 23.1 Å². The predicted octanol–water partition coefficient (Wildman–Crippen LogP) is 3.29. The zero-order valence-corrected chi connectivity index (χ0v) is 20.5. The lowest BCUT2D eigenvalue weighted by atomic mass is 10.1. The molecule has 1 aromatic carbocycles. The van der Waals surface area contributed by atoms with Gasteiger partial charge in [-0.1, -0.05) is 0 Å². The molecule has 0 atom stereocenters. The van der Waals surface area contributed by atoms with Crippen molar-refractivity contribution in [1.29, 1.82) is 5.26 Å². The molecule has 6 rings (SSSR count). The molecule has 0 spiro atoms. The van der Waals surface area contributed by atoms with Crippen LogP contribution in [0, 0.1) is 23.1 Å². The molecule has 1 saturated carbocycles. The van der Waals surface area contributed by atoms with E-state index < -0.39 is 28.9 Å². The molecule has 0 N–H and O–H groups in total. The minimum absolute atomic E-state index is 0.0119. The summed E-state index contributed by atoms with van der Waals surface area (Å²) in [5.41, 5.74) is -2.42. The molecule has 10 nitrogen and oxygen atoms in total. The first kappa shape index (κ1) is 24.8. The number of alkyl halides is 3. The molecule has 0 unspecified atom stereocenters. The Bertz CT molecular complexity index is 1700. The van der Waals surface area contributed by atoms with Crippen LogP contribution in [0.15, 0.2) is 35.4 Å². The summed E-state index contributed by atoms with van der Waals surface area (Å²) >= 11 is 0. The largest absolute Gasteiger partial charge is 0.483 e. The molecule has 39 heavy (non-hydrogen) atoms. The SMILES string of the molecule is Cn1c(C(F)(F)F)nc2c(-c3ccc(C#N)cc3F)nc(N3CC(Oc4cnn(CC5CC5)c4)C3)nc2c1=O. The van der Waals surface area contributed by atoms with Crippen LogP contribution in [0.1, 0.15) is 24.2 Å². The number of hydrogen-bond donors (Lipinski definition) is 0. The molecule has 1 aliphatic carbocycles. The van der Waals surface area contributed by atoms with E-state index in [1.54, 1.807) is 17.2 Å². The quantitative estimate of drug-likeness (QED) is 0.342. The van der Waals surface area contributed by atoms with Crippen LogP contribution in [0.25, 0.3) is 22.3 Å². The van der Waals surface area contributed by atoms with Crippen molar-refractivity contribution in [2.24, 2.45) is 13.0 Å². The van der Waals surface area contributed by atoms with E-state index in [0.717, 1.165) is 19.7 Å². The Hall–Kier alpha value is -4.54. The van der Waals surface area contributed by atoms with Crippen LogP contribution in [-0.2, 0) is 19.8 Å². The van der Waals surface area contributed by atoms with Crippen LogP contribution in [0.2, 0.25) is 0 Å². The third kappa shape index (κ3) is 4.64. The molecule has 1 aliphatic heterocycles. The maximum atomic E-state index is 15.0. The smallest absolute Gasteiger partial charge is 0.449 e. The summed E-state index contributed by atoms with van der Waals surface area (Å²) in [4.78, 5) is 26.8. The zero-order valence-electron chi connectivity index (χ0n) is 20.5. The van der Waals surface area contributed by atoms with Gasteiger partial charge in [-0.2, -0.15) is 23.5 Å². The lowest BCUT2D eigenvalue weighted by molar-refractivity contribution is -0.147. The maximum absolute atomic E-state index is 15.0. The van der Waals surface area contributed by atoms with E-state index >= 15 is 0 Å². The molecule has 0 radical (unpaired) electrons. The van der Waals surface area contributed by atoms with E-state index in [4.69, 9.17) is 10.00 Å². The highest BCUT2D eigenvalue weighted by Gasteiger charge is 2.38. The van der Waals surface area contributed by atoms with Crippen molar-refractivity contribution in [2.75, 3.05) is 18.0 Å². The van der Waals surface area contributed by atoms with Crippen molar-refractivity contribution < 1.29 is 22.3 Å². The molecule has 4 aromatic rings. The van der Waals surface area contributed by atoms with Crippen LogP contribution in [0.4, 0.5) is 23.5 Å². The molecule has 2 fully saturated rings. The van der Waals surface area contributed by atoms with Crippen molar-refractivity contribution in [3.63, 3.8) is 0 Å². The normalized spacial score (nSPS) is 15.8. The summed E-state index contributed by atoms with van der Waals surface area (Å²) in [6, 6.07) is 5.25. The molecule has 14 heteroatoms. The fourth-order valence-corrected chi connectivity index (χ4v) is 4.43. The molecule has 3 aromatic heterocycles. The summed E-state index contributed by atoms with van der Waals surface area (Å²) in [6.45, 7) is 1.49. The number of anilines is 1. The summed E-state index contributed by atoms with van der Waals surface area (Å²) in [7, 11) is 0.943. The Morgan fingerprint density at radius 1 is 1.15 bits per heavy atom. The third-order valence-electron chi connectivity index (χ3n) is 6.71. The molecule has 1 saturated heterocycles. The van der Waals surface area contributed by atoms with Crippen molar-refractivity contribution in [3.8, 4) is 23.1 Å². The summed E-state index contributed by atoms with van der Waals surface area (Å²) in [6.07, 6.45) is 0.666. The molecule has 0 bridgehead atoms. The van der Waals surface area contributed by atoms with Gasteiger partial charge in [0, 0.05) is 19.2 Å². The van der Waals surface area contributed by atoms with Crippen LogP contribution in [-0.4, -0.2) is 48.5 Å². The molecule has 0 amide bonds. The van der Waals surface area contributed by atoms with Crippen molar-refractivity contribution >= 4 is 17.0 Å². The number of fused-ring (bicyclic) bond motifs is 1. The highest BCUT2D eigenvalue weighted by Crippen LogP contribution is 2.34. The molecule has 200 valence electrons.